The number of hydrogen-bond donors (Lipinski definition) is 1. The SMILES string of the molecule is CCNCc1ccc(OCc2cc(C)on2)c(Cl)c1. The summed E-state index contributed by atoms with van der Waals surface area (Å²) in [6.07, 6.45) is 0. The second-order valence-corrected chi connectivity index (χ2v) is 4.67. The normalized spacial score (nSPS) is 10.7. The van der Waals surface area contributed by atoms with E-state index in [0.717, 1.165) is 30.1 Å². The van der Waals surface area contributed by atoms with Crippen molar-refractivity contribution in [2.24, 2.45) is 0 Å². The van der Waals surface area contributed by atoms with Gasteiger partial charge in [0.05, 0.1) is 5.02 Å². The van der Waals surface area contributed by atoms with E-state index < -0.39 is 0 Å². The van der Waals surface area contributed by atoms with Crippen molar-refractivity contribution in [3.05, 3.63) is 46.3 Å². The summed E-state index contributed by atoms with van der Waals surface area (Å²) in [4.78, 5) is 0. The fourth-order valence-corrected chi connectivity index (χ4v) is 1.94. The predicted octanol–water partition coefficient (Wildman–Crippen LogP) is 3.32. The third-order valence-electron chi connectivity index (χ3n) is 2.63. The molecule has 4 nitrogen and oxygen atoms in total. The smallest absolute Gasteiger partial charge is 0.138 e. The number of aryl methyl sites for hydroxylation is 1. The molecule has 0 aliphatic rings. The van der Waals surface area contributed by atoms with Gasteiger partial charge in [-0.25, -0.2) is 0 Å². The molecule has 0 radical (unpaired) electrons. The minimum Gasteiger partial charge on any atom is -0.486 e. The van der Waals surface area contributed by atoms with Crippen molar-refractivity contribution in [2.45, 2.75) is 27.0 Å². The van der Waals surface area contributed by atoms with Crippen LogP contribution in [-0.4, -0.2) is 11.7 Å². The number of halogens is 1. The highest BCUT2D eigenvalue weighted by Crippen LogP contribution is 2.26. The summed E-state index contributed by atoms with van der Waals surface area (Å²) in [5.41, 5.74) is 1.89. The predicted molar refractivity (Wildman–Crippen MR) is 74.4 cm³/mol. The Hall–Kier alpha value is -1.52. The van der Waals surface area contributed by atoms with Gasteiger partial charge in [-0.1, -0.05) is 29.7 Å². The van der Waals surface area contributed by atoms with Crippen LogP contribution in [-0.2, 0) is 13.2 Å². The summed E-state index contributed by atoms with van der Waals surface area (Å²) in [5, 5.41) is 7.72. The van der Waals surface area contributed by atoms with E-state index in [9.17, 15) is 0 Å². The molecule has 0 spiro atoms. The van der Waals surface area contributed by atoms with Crippen LogP contribution in [0.25, 0.3) is 0 Å². The Morgan fingerprint density at radius 2 is 2.21 bits per heavy atom. The fourth-order valence-electron chi connectivity index (χ4n) is 1.68. The van der Waals surface area contributed by atoms with Crippen molar-refractivity contribution in [2.75, 3.05) is 6.54 Å². The molecule has 2 aromatic rings. The summed E-state index contributed by atoms with van der Waals surface area (Å²) in [6, 6.07) is 7.63. The number of ether oxygens (including phenoxy) is 1. The zero-order chi connectivity index (χ0) is 13.7. The Labute approximate surface area is 117 Å². The van der Waals surface area contributed by atoms with Crippen LogP contribution in [0.1, 0.15) is 23.9 Å². The molecule has 2 rings (SSSR count). The summed E-state index contributed by atoms with van der Waals surface area (Å²) in [6.45, 7) is 6.00. The van der Waals surface area contributed by atoms with E-state index in [1.54, 1.807) is 0 Å². The molecule has 0 bridgehead atoms. The van der Waals surface area contributed by atoms with Gasteiger partial charge in [-0.15, -0.1) is 0 Å². The minimum atomic E-state index is 0.351. The Morgan fingerprint density at radius 3 is 2.84 bits per heavy atom. The molecule has 0 fully saturated rings. The van der Waals surface area contributed by atoms with Gasteiger partial charge in [0.25, 0.3) is 0 Å². The molecule has 0 aliphatic heterocycles. The zero-order valence-electron chi connectivity index (χ0n) is 11.1. The molecule has 1 aromatic heterocycles. The summed E-state index contributed by atoms with van der Waals surface area (Å²) < 4.78 is 10.6. The van der Waals surface area contributed by atoms with Gasteiger partial charge in [-0.05, 0) is 31.2 Å². The van der Waals surface area contributed by atoms with Gasteiger partial charge in [0.2, 0.25) is 0 Å². The first kappa shape index (κ1) is 13.9. The molecule has 0 amide bonds. The Kier molecular flexibility index (Phi) is 4.82. The number of rotatable bonds is 6. The molecule has 5 heteroatoms. The first-order valence-corrected chi connectivity index (χ1v) is 6.61. The van der Waals surface area contributed by atoms with Gasteiger partial charge < -0.3 is 14.6 Å². The average Bonchev–Trinajstić information content (AvgIpc) is 2.81. The van der Waals surface area contributed by atoms with Crippen LogP contribution in [0, 0.1) is 6.92 Å². The van der Waals surface area contributed by atoms with Gasteiger partial charge in [0.1, 0.15) is 23.8 Å². The van der Waals surface area contributed by atoms with E-state index in [1.165, 1.54) is 0 Å². The molecule has 1 N–H and O–H groups in total. The zero-order valence-corrected chi connectivity index (χ0v) is 11.8. The largest absolute Gasteiger partial charge is 0.486 e. The van der Waals surface area contributed by atoms with E-state index in [2.05, 4.69) is 17.4 Å². The van der Waals surface area contributed by atoms with Crippen LogP contribution in [0.3, 0.4) is 0 Å². The maximum atomic E-state index is 6.18. The van der Waals surface area contributed by atoms with E-state index in [-0.39, 0.29) is 0 Å². The van der Waals surface area contributed by atoms with E-state index in [1.807, 2.05) is 31.2 Å². The summed E-state index contributed by atoms with van der Waals surface area (Å²) in [5.74, 6) is 1.42. The second kappa shape index (κ2) is 6.59. The molecule has 0 unspecified atom stereocenters. The van der Waals surface area contributed by atoms with Gasteiger partial charge in [0, 0.05) is 12.6 Å². The van der Waals surface area contributed by atoms with Crippen molar-refractivity contribution < 1.29 is 9.26 Å². The third kappa shape index (κ3) is 3.98. The lowest BCUT2D eigenvalue weighted by molar-refractivity contribution is 0.288. The van der Waals surface area contributed by atoms with Crippen molar-refractivity contribution in [3.8, 4) is 5.75 Å². The molecule has 0 saturated heterocycles. The second-order valence-electron chi connectivity index (χ2n) is 4.26. The molecule has 102 valence electrons. The molecule has 1 heterocycles. The summed E-state index contributed by atoms with van der Waals surface area (Å²) >= 11 is 6.18. The van der Waals surface area contributed by atoms with Gasteiger partial charge in [-0.3, -0.25) is 0 Å². The monoisotopic (exact) mass is 280 g/mol. The van der Waals surface area contributed by atoms with E-state index in [4.69, 9.17) is 20.9 Å². The van der Waals surface area contributed by atoms with Crippen LogP contribution in [0.15, 0.2) is 28.8 Å². The molecular weight excluding hydrogens is 264 g/mol. The molecule has 0 atom stereocenters. The van der Waals surface area contributed by atoms with Gasteiger partial charge in [-0.2, -0.15) is 0 Å². The van der Waals surface area contributed by atoms with Gasteiger partial charge >= 0.3 is 0 Å². The molecule has 0 aliphatic carbocycles. The van der Waals surface area contributed by atoms with Gasteiger partial charge in [0.15, 0.2) is 0 Å². The van der Waals surface area contributed by atoms with E-state index >= 15 is 0 Å². The van der Waals surface area contributed by atoms with Crippen molar-refractivity contribution in [3.63, 3.8) is 0 Å². The highest BCUT2D eigenvalue weighted by molar-refractivity contribution is 6.32. The summed E-state index contributed by atoms with van der Waals surface area (Å²) in [7, 11) is 0. The topological polar surface area (TPSA) is 47.3 Å². The third-order valence-corrected chi connectivity index (χ3v) is 2.92. The lowest BCUT2D eigenvalue weighted by atomic mass is 10.2. The number of nitrogens with zero attached hydrogens (tertiary/aromatic N) is 1. The Morgan fingerprint density at radius 1 is 1.37 bits per heavy atom. The van der Waals surface area contributed by atoms with Crippen LogP contribution in [0.5, 0.6) is 5.75 Å². The van der Waals surface area contributed by atoms with Crippen LogP contribution >= 0.6 is 11.6 Å². The highest BCUT2D eigenvalue weighted by Gasteiger charge is 2.06. The van der Waals surface area contributed by atoms with Crippen LogP contribution < -0.4 is 10.1 Å². The number of nitrogens with one attached hydrogen (secondary N) is 1. The fraction of sp³-hybridized carbons (Fsp3) is 0.357. The van der Waals surface area contributed by atoms with Crippen LogP contribution in [0.2, 0.25) is 5.02 Å². The molecule has 0 saturated carbocycles. The number of benzene rings is 1. The number of hydrogen-bond acceptors (Lipinski definition) is 4. The van der Waals surface area contributed by atoms with Crippen LogP contribution in [0.4, 0.5) is 0 Å². The lowest BCUT2D eigenvalue weighted by Gasteiger charge is -2.08. The first-order chi connectivity index (χ1) is 9.19. The molecular formula is C14H17ClN2O2. The number of aromatic nitrogens is 1. The highest BCUT2D eigenvalue weighted by atomic mass is 35.5. The average molecular weight is 281 g/mol. The maximum absolute atomic E-state index is 6.18. The Balaban J connectivity index is 1.96. The molecule has 19 heavy (non-hydrogen) atoms. The maximum Gasteiger partial charge on any atom is 0.138 e. The first-order valence-electron chi connectivity index (χ1n) is 6.23. The molecule has 1 aromatic carbocycles. The lowest BCUT2D eigenvalue weighted by Crippen LogP contribution is -2.11. The van der Waals surface area contributed by atoms with Crippen molar-refractivity contribution in [1.29, 1.82) is 0 Å². The quantitative estimate of drug-likeness (QED) is 0.882. The standard InChI is InChI=1S/C14H17ClN2O2/c1-3-16-8-11-4-5-14(13(15)7-11)18-9-12-6-10(2)19-17-12/h4-7,16H,3,8-9H2,1-2H3. The van der Waals surface area contributed by atoms with E-state index in [0.29, 0.717) is 17.4 Å². The van der Waals surface area contributed by atoms with Crippen molar-refractivity contribution >= 4 is 11.6 Å². The van der Waals surface area contributed by atoms with Crippen molar-refractivity contribution in [1.82, 2.24) is 10.5 Å². The minimum absolute atomic E-state index is 0.351. The Bertz CT molecular complexity index is 540.